The second kappa shape index (κ2) is 7.92. The van der Waals surface area contributed by atoms with Gasteiger partial charge in [-0.1, -0.05) is 30.2 Å². The first-order chi connectivity index (χ1) is 12.4. The number of carbonyl (C=O) groups is 1. The predicted octanol–water partition coefficient (Wildman–Crippen LogP) is 2.87. The first-order valence-electron chi connectivity index (χ1n) is 8.17. The second-order valence-electron chi connectivity index (χ2n) is 5.98. The Morgan fingerprint density at radius 1 is 1.15 bits per heavy atom. The molecule has 5 nitrogen and oxygen atoms in total. The molecular formula is C18H17ClNO4S2-. The van der Waals surface area contributed by atoms with Crippen molar-refractivity contribution in [2.75, 3.05) is 13.1 Å². The van der Waals surface area contributed by atoms with Crippen molar-refractivity contribution in [1.29, 1.82) is 0 Å². The average Bonchev–Trinajstić information content (AvgIpc) is 3.11. The summed E-state index contributed by atoms with van der Waals surface area (Å²) >= 11 is 6.87. The maximum Gasteiger partial charge on any atom is 0.252 e. The summed E-state index contributed by atoms with van der Waals surface area (Å²) in [5.74, 6) is -1.37. The zero-order valence-corrected chi connectivity index (χ0v) is 16.2. The highest BCUT2D eigenvalue weighted by Crippen LogP contribution is 2.31. The van der Waals surface area contributed by atoms with Crippen LogP contribution in [0.3, 0.4) is 0 Å². The van der Waals surface area contributed by atoms with Crippen LogP contribution in [0, 0.1) is 0 Å². The molecule has 0 atom stereocenters. The van der Waals surface area contributed by atoms with Crippen molar-refractivity contribution in [3.05, 3.63) is 51.9 Å². The van der Waals surface area contributed by atoms with Crippen LogP contribution in [0.5, 0.6) is 0 Å². The lowest BCUT2D eigenvalue weighted by atomic mass is 10.1. The highest BCUT2D eigenvalue weighted by molar-refractivity contribution is 7.91. The summed E-state index contributed by atoms with van der Waals surface area (Å²) in [7, 11) is -3.59. The lowest BCUT2D eigenvalue weighted by Crippen LogP contribution is -2.35. The number of aliphatic carboxylic acids is 1. The minimum absolute atomic E-state index is 0.0719. The fourth-order valence-corrected chi connectivity index (χ4v) is 6.01. The Morgan fingerprint density at radius 3 is 2.54 bits per heavy atom. The van der Waals surface area contributed by atoms with E-state index in [1.807, 2.05) is 0 Å². The van der Waals surface area contributed by atoms with E-state index in [0.29, 0.717) is 28.6 Å². The summed E-state index contributed by atoms with van der Waals surface area (Å²) in [6.07, 6.45) is 4.15. The quantitative estimate of drug-likeness (QED) is 0.710. The number of benzene rings is 1. The van der Waals surface area contributed by atoms with Crippen LogP contribution in [-0.4, -0.2) is 31.8 Å². The predicted molar refractivity (Wildman–Crippen MR) is 101 cm³/mol. The number of carboxylic acid groups (broad SMARTS) is 1. The molecule has 0 saturated carbocycles. The molecule has 1 aromatic heterocycles. The number of carboxylic acids is 1. The summed E-state index contributed by atoms with van der Waals surface area (Å²) in [5.41, 5.74) is 0.530. The molecule has 26 heavy (non-hydrogen) atoms. The van der Waals surface area contributed by atoms with Gasteiger partial charge >= 0.3 is 0 Å². The maximum absolute atomic E-state index is 12.7. The van der Waals surface area contributed by atoms with E-state index in [0.717, 1.165) is 30.6 Å². The molecule has 2 heterocycles. The Morgan fingerprint density at radius 2 is 1.88 bits per heavy atom. The van der Waals surface area contributed by atoms with Crippen LogP contribution in [0.25, 0.3) is 11.6 Å². The third-order valence-corrected chi connectivity index (χ3v) is 7.86. The van der Waals surface area contributed by atoms with Gasteiger partial charge in [0.15, 0.2) is 0 Å². The van der Waals surface area contributed by atoms with Crippen LogP contribution in [0.2, 0.25) is 5.02 Å². The average molecular weight is 411 g/mol. The number of hydrogen-bond acceptors (Lipinski definition) is 5. The molecule has 0 radical (unpaired) electrons. The van der Waals surface area contributed by atoms with Crippen LogP contribution >= 0.6 is 22.9 Å². The molecule has 1 saturated heterocycles. The van der Waals surface area contributed by atoms with Gasteiger partial charge in [-0.05, 0) is 48.7 Å². The fourth-order valence-electron chi connectivity index (χ4n) is 2.83. The highest BCUT2D eigenvalue weighted by Gasteiger charge is 2.27. The van der Waals surface area contributed by atoms with Crippen LogP contribution in [0.1, 0.15) is 29.7 Å². The summed E-state index contributed by atoms with van der Waals surface area (Å²) in [6.45, 7) is 1.00. The topological polar surface area (TPSA) is 77.5 Å². The van der Waals surface area contributed by atoms with Crippen molar-refractivity contribution in [1.82, 2.24) is 4.31 Å². The molecule has 0 aliphatic carbocycles. The first-order valence-corrected chi connectivity index (χ1v) is 10.8. The zero-order valence-electron chi connectivity index (χ0n) is 13.9. The van der Waals surface area contributed by atoms with Gasteiger partial charge < -0.3 is 9.90 Å². The first kappa shape index (κ1) is 19.1. The largest absolute Gasteiger partial charge is 0.545 e. The minimum atomic E-state index is -3.59. The van der Waals surface area contributed by atoms with Crippen LogP contribution < -0.4 is 5.11 Å². The van der Waals surface area contributed by atoms with Crippen molar-refractivity contribution in [2.45, 2.75) is 23.5 Å². The lowest BCUT2D eigenvalue weighted by molar-refractivity contribution is -0.295. The van der Waals surface area contributed by atoms with E-state index in [1.54, 1.807) is 24.3 Å². The summed E-state index contributed by atoms with van der Waals surface area (Å²) < 4.78 is 27.1. The number of halogens is 1. The number of rotatable bonds is 5. The van der Waals surface area contributed by atoms with E-state index in [4.69, 9.17) is 11.6 Å². The number of thiophene rings is 1. The molecule has 1 aliphatic rings. The molecule has 0 N–H and O–H groups in total. The van der Waals surface area contributed by atoms with Gasteiger partial charge in [-0.3, -0.25) is 0 Å². The molecule has 8 heteroatoms. The van der Waals surface area contributed by atoms with Gasteiger partial charge in [0.1, 0.15) is 4.21 Å². The molecule has 0 spiro atoms. The number of nitrogens with zero attached hydrogens (tertiary/aromatic N) is 1. The SMILES string of the molecule is O=C([O-])/C(=C\c1cccc(Cl)c1)c1ccc(S(=O)(=O)N2CCCCC2)s1. The second-order valence-corrected chi connectivity index (χ2v) is 9.67. The summed E-state index contributed by atoms with van der Waals surface area (Å²) in [5, 5.41) is 12.1. The molecule has 1 aliphatic heterocycles. The molecule has 138 valence electrons. The Kier molecular flexibility index (Phi) is 5.82. The number of piperidine rings is 1. The number of sulfonamides is 1. The zero-order chi connectivity index (χ0) is 18.7. The van der Waals surface area contributed by atoms with Crippen molar-refractivity contribution >= 4 is 50.6 Å². The third-order valence-electron chi connectivity index (χ3n) is 4.14. The van der Waals surface area contributed by atoms with E-state index in [-0.39, 0.29) is 9.78 Å². The maximum atomic E-state index is 12.7. The molecule has 2 aromatic rings. The Labute approximate surface area is 161 Å². The smallest absolute Gasteiger partial charge is 0.252 e. The van der Waals surface area contributed by atoms with Crippen molar-refractivity contribution in [3.63, 3.8) is 0 Å². The monoisotopic (exact) mass is 410 g/mol. The van der Waals surface area contributed by atoms with Crippen LogP contribution in [0.4, 0.5) is 0 Å². The van der Waals surface area contributed by atoms with E-state index in [9.17, 15) is 18.3 Å². The van der Waals surface area contributed by atoms with Crippen molar-refractivity contribution in [3.8, 4) is 0 Å². The van der Waals surface area contributed by atoms with Gasteiger partial charge in [0.2, 0.25) is 0 Å². The van der Waals surface area contributed by atoms with Crippen LogP contribution in [-0.2, 0) is 14.8 Å². The molecule has 0 bridgehead atoms. The Hall–Kier alpha value is -1.67. The standard InChI is InChI=1S/C18H18ClNO4S2/c19-14-6-4-5-13(11-14)12-15(18(21)22)16-7-8-17(25-16)26(23,24)20-9-2-1-3-10-20/h4-8,11-12H,1-3,9-10H2,(H,21,22)/p-1/b15-12-. The van der Waals surface area contributed by atoms with Crippen molar-refractivity contribution < 1.29 is 18.3 Å². The molecule has 3 rings (SSSR count). The molecule has 1 fully saturated rings. The van der Waals surface area contributed by atoms with E-state index >= 15 is 0 Å². The van der Waals surface area contributed by atoms with Gasteiger partial charge in [-0.2, -0.15) is 4.31 Å². The highest BCUT2D eigenvalue weighted by atomic mass is 35.5. The minimum Gasteiger partial charge on any atom is -0.545 e. The summed E-state index contributed by atoms with van der Waals surface area (Å²) in [6, 6.07) is 9.71. The van der Waals surface area contributed by atoms with Gasteiger partial charge in [-0.25, -0.2) is 8.42 Å². The molecule has 0 amide bonds. The fraction of sp³-hybridized carbons (Fsp3) is 0.278. The molecule has 0 unspecified atom stereocenters. The Bertz CT molecular complexity index is 944. The van der Waals surface area contributed by atoms with E-state index in [1.165, 1.54) is 22.5 Å². The molecular weight excluding hydrogens is 394 g/mol. The molecule has 1 aromatic carbocycles. The normalized spacial score (nSPS) is 16.6. The van der Waals surface area contributed by atoms with Crippen molar-refractivity contribution in [2.24, 2.45) is 0 Å². The van der Waals surface area contributed by atoms with Gasteiger partial charge in [-0.15, -0.1) is 11.3 Å². The Balaban J connectivity index is 1.94. The van der Waals surface area contributed by atoms with E-state index in [2.05, 4.69) is 0 Å². The summed E-state index contributed by atoms with van der Waals surface area (Å²) in [4.78, 5) is 11.9. The number of carbonyl (C=O) groups excluding carboxylic acids is 1. The van der Waals surface area contributed by atoms with Crippen LogP contribution in [0.15, 0.2) is 40.6 Å². The third kappa shape index (κ3) is 4.17. The van der Waals surface area contributed by atoms with Gasteiger partial charge in [0, 0.05) is 28.6 Å². The van der Waals surface area contributed by atoms with Gasteiger partial charge in [0.25, 0.3) is 10.0 Å². The van der Waals surface area contributed by atoms with E-state index < -0.39 is 16.0 Å². The lowest BCUT2D eigenvalue weighted by Gasteiger charge is -2.25. The number of hydrogen-bond donors (Lipinski definition) is 0. The van der Waals surface area contributed by atoms with Gasteiger partial charge in [0.05, 0.1) is 5.97 Å².